The molecular formula is C15H26N2OS. The van der Waals surface area contributed by atoms with Crippen LogP contribution in [-0.2, 0) is 11.2 Å². The second kappa shape index (κ2) is 6.82. The largest absolute Gasteiger partial charge is 0.374 e. The Morgan fingerprint density at radius 1 is 1.47 bits per heavy atom. The summed E-state index contributed by atoms with van der Waals surface area (Å²) in [4.78, 5) is 6.42. The fourth-order valence-corrected chi connectivity index (χ4v) is 4.27. The maximum atomic E-state index is 5.62. The summed E-state index contributed by atoms with van der Waals surface area (Å²) in [5.41, 5.74) is 1.34. The van der Waals surface area contributed by atoms with E-state index in [1.807, 2.05) is 11.3 Å². The van der Waals surface area contributed by atoms with Crippen LogP contribution in [-0.4, -0.2) is 25.2 Å². The normalized spacial score (nSPS) is 20.6. The number of methoxy groups -OCH3 is 1. The maximum absolute atomic E-state index is 5.62. The van der Waals surface area contributed by atoms with Gasteiger partial charge in [-0.05, 0) is 31.7 Å². The first-order valence-corrected chi connectivity index (χ1v) is 8.22. The van der Waals surface area contributed by atoms with Crippen LogP contribution in [0.25, 0.3) is 0 Å². The van der Waals surface area contributed by atoms with Gasteiger partial charge in [-0.3, -0.25) is 0 Å². The molecule has 0 aliphatic heterocycles. The van der Waals surface area contributed by atoms with E-state index in [0.717, 1.165) is 13.1 Å². The van der Waals surface area contributed by atoms with Crippen molar-refractivity contribution in [3.63, 3.8) is 0 Å². The summed E-state index contributed by atoms with van der Waals surface area (Å²) in [5, 5.41) is 4.64. The van der Waals surface area contributed by atoms with Gasteiger partial charge in [-0.2, -0.15) is 0 Å². The molecule has 2 atom stereocenters. The molecule has 1 N–H and O–H groups in total. The number of aromatic nitrogens is 1. The minimum atomic E-state index is 0.149. The fourth-order valence-electron chi connectivity index (χ4n) is 2.82. The van der Waals surface area contributed by atoms with Crippen LogP contribution in [0.3, 0.4) is 0 Å². The van der Waals surface area contributed by atoms with E-state index in [-0.39, 0.29) is 6.10 Å². The lowest BCUT2D eigenvalue weighted by Gasteiger charge is -2.21. The third-order valence-corrected chi connectivity index (χ3v) is 5.02. The molecule has 1 aliphatic carbocycles. The molecule has 4 heteroatoms. The molecule has 1 aliphatic rings. The van der Waals surface area contributed by atoms with E-state index in [2.05, 4.69) is 26.1 Å². The zero-order valence-corrected chi connectivity index (χ0v) is 13.3. The van der Waals surface area contributed by atoms with Crippen molar-refractivity contribution in [1.29, 1.82) is 0 Å². The highest BCUT2D eigenvalue weighted by Crippen LogP contribution is 2.38. The Hall–Kier alpha value is -0.450. The Morgan fingerprint density at radius 3 is 2.89 bits per heavy atom. The Morgan fingerprint density at radius 2 is 2.26 bits per heavy atom. The Labute approximate surface area is 120 Å². The summed E-state index contributed by atoms with van der Waals surface area (Å²) < 4.78 is 5.62. The van der Waals surface area contributed by atoms with Crippen LogP contribution in [0, 0.1) is 5.92 Å². The first kappa shape index (κ1) is 14.9. The Balaban J connectivity index is 2.20. The molecular weight excluding hydrogens is 256 g/mol. The van der Waals surface area contributed by atoms with Gasteiger partial charge in [-0.1, -0.05) is 20.8 Å². The van der Waals surface area contributed by atoms with E-state index in [9.17, 15) is 0 Å². The van der Waals surface area contributed by atoms with Gasteiger partial charge in [0.1, 0.15) is 11.1 Å². The van der Waals surface area contributed by atoms with Gasteiger partial charge < -0.3 is 10.1 Å². The molecule has 108 valence electrons. The van der Waals surface area contributed by atoms with Crippen molar-refractivity contribution < 1.29 is 4.74 Å². The van der Waals surface area contributed by atoms with Crippen molar-refractivity contribution in [3.8, 4) is 0 Å². The average Bonchev–Trinajstić information content (AvgIpc) is 2.80. The van der Waals surface area contributed by atoms with Crippen LogP contribution < -0.4 is 5.32 Å². The number of ether oxygens (including phenoxy) is 1. The summed E-state index contributed by atoms with van der Waals surface area (Å²) in [6.45, 7) is 8.66. The van der Waals surface area contributed by atoms with Gasteiger partial charge in [0.2, 0.25) is 0 Å². The summed E-state index contributed by atoms with van der Waals surface area (Å²) in [7, 11) is 1.79. The summed E-state index contributed by atoms with van der Waals surface area (Å²) in [6.07, 6.45) is 3.91. The van der Waals surface area contributed by atoms with Crippen molar-refractivity contribution in [1.82, 2.24) is 10.3 Å². The number of nitrogens with one attached hydrogen (secondary N) is 1. The molecule has 1 aromatic heterocycles. The number of hydrogen-bond acceptors (Lipinski definition) is 4. The molecule has 0 radical (unpaired) electrons. The topological polar surface area (TPSA) is 34.1 Å². The number of rotatable bonds is 6. The molecule has 2 unspecified atom stereocenters. The zero-order chi connectivity index (χ0) is 13.8. The van der Waals surface area contributed by atoms with Crippen LogP contribution in [0.5, 0.6) is 0 Å². The lowest BCUT2D eigenvalue weighted by Crippen LogP contribution is -2.24. The van der Waals surface area contributed by atoms with Crippen LogP contribution in [0.1, 0.15) is 61.2 Å². The minimum absolute atomic E-state index is 0.149. The maximum Gasteiger partial charge on any atom is 0.122 e. The minimum Gasteiger partial charge on any atom is -0.374 e. The molecule has 0 spiro atoms. The Kier molecular flexibility index (Phi) is 5.37. The van der Waals surface area contributed by atoms with Crippen LogP contribution in [0.2, 0.25) is 0 Å². The number of nitrogens with zero attached hydrogens (tertiary/aromatic N) is 1. The SMILES string of the molecule is CCNCC1CCCc2sc(C(OC)C(C)C)nc21. The van der Waals surface area contributed by atoms with E-state index < -0.39 is 0 Å². The smallest absolute Gasteiger partial charge is 0.122 e. The van der Waals surface area contributed by atoms with E-state index in [0.29, 0.717) is 11.8 Å². The molecule has 3 nitrogen and oxygen atoms in total. The van der Waals surface area contributed by atoms with Gasteiger partial charge in [0.25, 0.3) is 0 Å². The highest BCUT2D eigenvalue weighted by atomic mass is 32.1. The van der Waals surface area contributed by atoms with Crippen molar-refractivity contribution in [2.75, 3.05) is 20.2 Å². The number of thiazole rings is 1. The summed E-state index contributed by atoms with van der Waals surface area (Å²) in [6, 6.07) is 0. The van der Waals surface area contributed by atoms with Gasteiger partial charge in [-0.15, -0.1) is 11.3 Å². The lowest BCUT2D eigenvalue weighted by molar-refractivity contribution is 0.0642. The highest BCUT2D eigenvalue weighted by Gasteiger charge is 2.27. The van der Waals surface area contributed by atoms with Gasteiger partial charge in [0.15, 0.2) is 0 Å². The second-order valence-electron chi connectivity index (χ2n) is 5.66. The monoisotopic (exact) mass is 282 g/mol. The molecule has 0 saturated heterocycles. The predicted octanol–water partition coefficient (Wildman–Crippen LogP) is 3.52. The standard InChI is InChI=1S/C15H26N2OS/c1-5-16-9-11-7-6-8-12-13(11)17-15(19-12)14(18-4)10(2)3/h10-11,14,16H,5-9H2,1-4H3. The second-order valence-corrected chi connectivity index (χ2v) is 6.77. The first-order valence-electron chi connectivity index (χ1n) is 7.40. The number of fused-ring (bicyclic) bond motifs is 1. The molecule has 0 aromatic carbocycles. The van der Waals surface area contributed by atoms with Gasteiger partial charge in [0.05, 0.1) is 5.69 Å². The predicted molar refractivity (Wildman–Crippen MR) is 80.9 cm³/mol. The van der Waals surface area contributed by atoms with Gasteiger partial charge >= 0.3 is 0 Å². The quantitative estimate of drug-likeness (QED) is 0.867. The average molecular weight is 282 g/mol. The van der Waals surface area contributed by atoms with Gasteiger partial charge in [0, 0.05) is 24.4 Å². The van der Waals surface area contributed by atoms with Crippen LogP contribution in [0.4, 0.5) is 0 Å². The molecule has 2 rings (SSSR count). The third kappa shape index (κ3) is 3.36. The van der Waals surface area contributed by atoms with Gasteiger partial charge in [-0.25, -0.2) is 4.98 Å². The van der Waals surface area contributed by atoms with E-state index >= 15 is 0 Å². The van der Waals surface area contributed by atoms with E-state index in [4.69, 9.17) is 9.72 Å². The number of likely N-dealkylation sites (N-methyl/N-ethyl adjacent to an activating group) is 1. The lowest BCUT2D eigenvalue weighted by atomic mass is 9.91. The van der Waals surface area contributed by atoms with Crippen molar-refractivity contribution in [3.05, 3.63) is 15.6 Å². The van der Waals surface area contributed by atoms with Crippen molar-refractivity contribution >= 4 is 11.3 Å². The zero-order valence-electron chi connectivity index (χ0n) is 12.5. The molecule has 19 heavy (non-hydrogen) atoms. The van der Waals surface area contributed by atoms with E-state index in [1.165, 1.54) is 34.8 Å². The molecule has 1 heterocycles. The molecule has 0 bridgehead atoms. The van der Waals surface area contributed by atoms with Crippen LogP contribution in [0.15, 0.2) is 0 Å². The van der Waals surface area contributed by atoms with Crippen molar-refractivity contribution in [2.45, 2.75) is 52.1 Å². The molecule has 0 fully saturated rings. The molecule has 0 amide bonds. The van der Waals surface area contributed by atoms with Crippen molar-refractivity contribution in [2.24, 2.45) is 5.92 Å². The van der Waals surface area contributed by atoms with Crippen LogP contribution >= 0.6 is 11.3 Å². The number of aryl methyl sites for hydroxylation is 1. The molecule has 1 aromatic rings. The molecule has 0 saturated carbocycles. The number of hydrogen-bond donors (Lipinski definition) is 1. The summed E-state index contributed by atoms with van der Waals surface area (Å²) in [5.74, 6) is 1.07. The summed E-state index contributed by atoms with van der Waals surface area (Å²) >= 11 is 1.87. The third-order valence-electron chi connectivity index (χ3n) is 3.83. The Bertz CT molecular complexity index is 403. The first-order chi connectivity index (χ1) is 9.17. The fraction of sp³-hybridized carbons (Fsp3) is 0.800. The van der Waals surface area contributed by atoms with E-state index in [1.54, 1.807) is 7.11 Å². The highest BCUT2D eigenvalue weighted by molar-refractivity contribution is 7.11.